The molecular formula is C16H17ClN2O2. The minimum absolute atomic E-state index is 0.0587. The molecule has 0 amide bonds. The second-order valence-corrected chi connectivity index (χ2v) is 5.32. The number of non-ortho nitro benzene ring substituents is 1. The van der Waals surface area contributed by atoms with E-state index in [1.54, 1.807) is 6.07 Å². The van der Waals surface area contributed by atoms with Gasteiger partial charge in [-0.15, -0.1) is 11.6 Å². The lowest BCUT2D eigenvalue weighted by Gasteiger charge is -2.24. The fourth-order valence-corrected chi connectivity index (χ4v) is 2.65. The van der Waals surface area contributed by atoms with Crippen molar-refractivity contribution < 1.29 is 4.92 Å². The van der Waals surface area contributed by atoms with Gasteiger partial charge in [-0.25, -0.2) is 0 Å². The highest BCUT2D eigenvalue weighted by molar-refractivity contribution is 6.17. The molecule has 0 fully saturated rings. The van der Waals surface area contributed by atoms with E-state index in [2.05, 4.69) is 6.07 Å². The number of nitro groups is 1. The lowest BCUT2D eigenvalue weighted by atomic mass is 10.1. The number of anilines is 2. The maximum atomic E-state index is 10.9. The van der Waals surface area contributed by atoms with Crippen LogP contribution < -0.4 is 4.90 Å². The Bertz CT molecular complexity index is 686. The van der Waals surface area contributed by atoms with Gasteiger partial charge in [0, 0.05) is 36.4 Å². The SMILES string of the molecule is Cc1ccc(N(C)c2ccc([N+](=O)[O-])cc2CCl)c(C)c1. The smallest absolute Gasteiger partial charge is 0.269 e. The molecule has 0 saturated carbocycles. The highest BCUT2D eigenvalue weighted by Gasteiger charge is 2.15. The van der Waals surface area contributed by atoms with Crippen LogP contribution in [0.15, 0.2) is 36.4 Å². The second kappa shape index (κ2) is 6.14. The first kappa shape index (κ1) is 15.3. The predicted molar refractivity (Wildman–Crippen MR) is 86.6 cm³/mol. The summed E-state index contributed by atoms with van der Waals surface area (Å²) in [5, 5.41) is 10.9. The summed E-state index contributed by atoms with van der Waals surface area (Å²) in [6, 6.07) is 11.0. The van der Waals surface area contributed by atoms with Crippen LogP contribution in [0, 0.1) is 24.0 Å². The summed E-state index contributed by atoms with van der Waals surface area (Å²) >= 11 is 5.96. The van der Waals surface area contributed by atoms with E-state index in [4.69, 9.17) is 11.6 Å². The summed E-state index contributed by atoms with van der Waals surface area (Å²) in [5.74, 6) is 0.228. The number of aryl methyl sites for hydroxylation is 2. The van der Waals surface area contributed by atoms with Gasteiger partial charge in [0.15, 0.2) is 0 Å². The van der Waals surface area contributed by atoms with Crippen LogP contribution in [-0.4, -0.2) is 12.0 Å². The molecule has 2 rings (SSSR count). The molecule has 0 unspecified atom stereocenters. The topological polar surface area (TPSA) is 46.4 Å². The van der Waals surface area contributed by atoms with Crippen molar-refractivity contribution >= 4 is 28.7 Å². The number of hydrogen-bond donors (Lipinski definition) is 0. The van der Waals surface area contributed by atoms with E-state index in [1.165, 1.54) is 17.7 Å². The Balaban J connectivity index is 2.47. The summed E-state index contributed by atoms with van der Waals surface area (Å²) in [6.45, 7) is 4.09. The van der Waals surface area contributed by atoms with E-state index >= 15 is 0 Å². The summed E-state index contributed by atoms with van der Waals surface area (Å²) in [6.07, 6.45) is 0. The Morgan fingerprint density at radius 3 is 2.38 bits per heavy atom. The molecule has 0 atom stereocenters. The van der Waals surface area contributed by atoms with Crippen LogP contribution in [0.3, 0.4) is 0 Å². The number of rotatable bonds is 4. The molecule has 0 N–H and O–H groups in total. The summed E-state index contributed by atoms with van der Waals surface area (Å²) in [7, 11) is 1.94. The fraction of sp³-hybridized carbons (Fsp3) is 0.250. The van der Waals surface area contributed by atoms with Gasteiger partial charge in [0.2, 0.25) is 0 Å². The van der Waals surface area contributed by atoms with Gasteiger partial charge in [0.25, 0.3) is 5.69 Å². The molecule has 4 nitrogen and oxygen atoms in total. The molecule has 0 aliphatic heterocycles. The highest BCUT2D eigenvalue weighted by atomic mass is 35.5. The number of hydrogen-bond acceptors (Lipinski definition) is 3. The molecule has 0 bridgehead atoms. The van der Waals surface area contributed by atoms with Crippen molar-refractivity contribution in [1.29, 1.82) is 0 Å². The van der Waals surface area contributed by atoms with E-state index < -0.39 is 4.92 Å². The van der Waals surface area contributed by atoms with Gasteiger partial charge in [-0.2, -0.15) is 0 Å². The molecule has 0 aliphatic carbocycles. The van der Waals surface area contributed by atoms with E-state index in [0.717, 1.165) is 22.5 Å². The van der Waals surface area contributed by atoms with Crippen LogP contribution in [0.1, 0.15) is 16.7 Å². The van der Waals surface area contributed by atoms with Gasteiger partial charge < -0.3 is 4.90 Å². The van der Waals surface area contributed by atoms with Crippen molar-refractivity contribution in [2.45, 2.75) is 19.7 Å². The maximum absolute atomic E-state index is 10.9. The van der Waals surface area contributed by atoms with Crippen LogP contribution in [0.4, 0.5) is 17.1 Å². The van der Waals surface area contributed by atoms with E-state index in [9.17, 15) is 10.1 Å². The average molecular weight is 305 g/mol. The van der Waals surface area contributed by atoms with Crippen LogP contribution in [0.2, 0.25) is 0 Å². The largest absolute Gasteiger partial charge is 0.344 e. The molecule has 0 heterocycles. The van der Waals surface area contributed by atoms with Crippen molar-refractivity contribution in [1.82, 2.24) is 0 Å². The minimum atomic E-state index is -0.406. The average Bonchev–Trinajstić information content (AvgIpc) is 2.45. The zero-order valence-corrected chi connectivity index (χ0v) is 13.0. The molecular weight excluding hydrogens is 288 g/mol. The minimum Gasteiger partial charge on any atom is -0.344 e. The van der Waals surface area contributed by atoms with E-state index in [1.807, 2.05) is 37.9 Å². The lowest BCUT2D eigenvalue weighted by Crippen LogP contribution is -2.13. The first-order chi connectivity index (χ1) is 9.93. The molecule has 0 aromatic heterocycles. The Labute approximate surface area is 129 Å². The Kier molecular flexibility index (Phi) is 4.48. The van der Waals surface area contributed by atoms with Gasteiger partial charge >= 0.3 is 0 Å². The quantitative estimate of drug-likeness (QED) is 0.466. The number of nitro benzene ring substituents is 1. The number of nitrogens with zero attached hydrogens (tertiary/aromatic N) is 2. The number of halogens is 1. The zero-order valence-electron chi connectivity index (χ0n) is 12.3. The standard InChI is InChI=1S/C16H17ClN2O2/c1-11-4-6-15(12(2)8-11)18(3)16-7-5-14(19(20)21)9-13(16)10-17/h4-9H,10H2,1-3H3. The lowest BCUT2D eigenvalue weighted by molar-refractivity contribution is -0.384. The third-order valence-electron chi connectivity index (χ3n) is 3.49. The maximum Gasteiger partial charge on any atom is 0.269 e. The van der Waals surface area contributed by atoms with Gasteiger partial charge in [-0.3, -0.25) is 10.1 Å². The molecule has 110 valence electrons. The molecule has 0 aliphatic rings. The second-order valence-electron chi connectivity index (χ2n) is 5.05. The third kappa shape index (κ3) is 3.16. The number of benzene rings is 2. The van der Waals surface area contributed by atoms with Crippen molar-refractivity contribution in [3.05, 3.63) is 63.2 Å². The third-order valence-corrected chi connectivity index (χ3v) is 3.78. The Hall–Kier alpha value is -2.07. The monoisotopic (exact) mass is 304 g/mol. The van der Waals surface area contributed by atoms with Crippen molar-refractivity contribution in [2.24, 2.45) is 0 Å². The molecule has 0 radical (unpaired) electrons. The summed E-state index contributed by atoms with van der Waals surface area (Å²) in [5.41, 5.74) is 5.09. The van der Waals surface area contributed by atoms with E-state index in [0.29, 0.717) is 0 Å². The van der Waals surface area contributed by atoms with Crippen LogP contribution in [0.25, 0.3) is 0 Å². The number of alkyl halides is 1. The van der Waals surface area contributed by atoms with Gasteiger partial charge in [0.1, 0.15) is 0 Å². The fourth-order valence-electron chi connectivity index (χ4n) is 2.43. The van der Waals surface area contributed by atoms with E-state index in [-0.39, 0.29) is 11.6 Å². The van der Waals surface area contributed by atoms with Crippen LogP contribution >= 0.6 is 11.6 Å². The normalized spacial score (nSPS) is 10.5. The van der Waals surface area contributed by atoms with Gasteiger partial charge in [0.05, 0.1) is 4.92 Å². The van der Waals surface area contributed by atoms with Gasteiger partial charge in [-0.1, -0.05) is 17.7 Å². The molecule has 5 heteroatoms. The predicted octanol–water partition coefficient (Wildman–Crippen LogP) is 4.72. The Morgan fingerprint density at radius 1 is 1.14 bits per heavy atom. The molecule has 0 saturated heterocycles. The molecule has 21 heavy (non-hydrogen) atoms. The van der Waals surface area contributed by atoms with Crippen molar-refractivity contribution in [2.75, 3.05) is 11.9 Å². The Morgan fingerprint density at radius 2 is 1.81 bits per heavy atom. The van der Waals surface area contributed by atoms with Crippen LogP contribution in [0.5, 0.6) is 0 Å². The molecule has 2 aromatic rings. The highest BCUT2D eigenvalue weighted by Crippen LogP contribution is 2.32. The van der Waals surface area contributed by atoms with Crippen molar-refractivity contribution in [3.8, 4) is 0 Å². The molecule has 2 aromatic carbocycles. The van der Waals surface area contributed by atoms with Crippen molar-refractivity contribution in [3.63, 3.8) is 0 Å². The molecule has 0 spiro atoms. The first-order valence-electron chi connectivity index (χ1n) is 6.58. The van der Waals surface area contributed by atoms with Gasteiger partial charge in [-0.05, 0) is 37.1 Å². The summed E-state index contributed by atoms with van der Waals surface area (Å²) < 4.78 is 0. The zero-order chi connectivity index (χ0) is 15.6. The first-order valence-corrected chi connectivity index (χ1v) is 7.11. The van der Waals surface area contributed by atoms with Crippen LogP contribution in [-0.2, 0) is 5.88 Å². The summed E-state index contributed by atoms with van der Waals surface area (Å²) in [4.78, 5) is 12.5.